The third-order valence-corrected chi connectivity index (χ3v) is 4.35. The molecule has 132 valence electrons. The van der Waals surface area contributed by atoms with Crippen molar-refractivity contribution in [3.63, 3.8) is 0 Å². The lowest BCUT2D eigenvalue weighted by atomic mass is 9.96. The van der Waals surface area contributed by atoms with Crippen LogP contribution in [0, 0.1) is 10.1 Å². The number of nitro groups is 1. The number of fused-ring (bicyclic) bond motifs is 1. The standard InChI is InChI=1S/C16H17N3O6/c1-16(23)8-17(9-16)13(20)3-2-6-18-14(21)11-5-4-10(19(24)25)7-12(11)15(18)22/h4-5,7,23H,2-3,6,8-9H2,1H3. The number of hydrogen-bond donors (Lipinski definition) is 1. The average molecular weight is 347 g/mol. The Bertz CT molecular complexity index is 780. The molecule has 1 N–H and O–H groups in total. The van der Waals surface area contributed by atoms with E-state index in [1.807, 2.05) is 0 Å². The van der Waals surface area contributed by atoms with Crippen LogP contribution in [0.4, 0.5) is 5.69 Å². The van der Waals surface area contributed by atoms with Gasteiger partial charge in [0.1, 0.15) is 0 Å². The van der Waals surface area contributed by atoms with E-state index >= 15 is 0 Å². The number of non-ortho nitro benzene ring substituents is 1. The molecule has 2 aliphatic rings. The van der Waals surface area contributed by atoms with Crippen molar-refractivity contribution in [1.82, 2.24) is 9.80 Å². The number of rotatable bonds is 5. The van der Waals surface area contributed by atoms with Crippen LogP contribution in [0.2, 0.25) is 0 Å². The minimum Gasteiger partial charge on any atom is -0.386 e. The largest absolute Gasteiger partial charge is 0.386 e. The Labute approximate surface area is 143 Å². The molecule has 0 aliphatic carbocycles. The topological polar surface area (TPSA) is 121 Å². The Kier molecular flexibility index (Phi) is 4.03. The van der Waals surface area contributed by atoms with Crippen LogP contribution in [0.15, 0.2) is 18.2 Å². The number of benzene rings is 1. The van der Waals surface area contributed by atoms with Crippen LogP contribution < -0.4 is 0 Å². The molecule has 0 spiro atoms. The van der Waals surface area contributed by atoms with Gasteiger partial charge in [0.25, 0.3) is 17.5 Å². The highest BCUT2D eigenvalue weighted by Crippen LogP contribution is 2.27. The smallest absolute Gasteiger partial charge is 0.270 e. The van der Waals surface area contributed by atoms with Gasteiger partial charge in [-0.1, -0.05) is 0 Å². The predicted octanol–water partition coefficient (Wildman–Crippen LogP) is 0.564. The van der Waals surface area contributed by atoms with E-state index in [0.717, 1.165) is 11.0 Å². The first-order valence-corrected chi connectivity index (χ1v) is 7.84. The number of nitro benzene ring substituents is 1. The number of β-amino-alcohol motifs (C(OH)–C–C–N with tert-alkyl or cyclic N) is 1. The van der Waals surface area contributed by atoms with Gasteiger partial charge in [0.15, 0.2) is 0 Å². The number of imide groups is 1. The second kappa shape index (κ2) is 5.92. The van der Waals surface area contributed by atoms with Crippen molar-refractivity contribution in [1.29, 1.82) is 0 Å². The second-order valence-corrected chi connectivity index (χ2v) is 6.60. The summed E-state index contributed by atoms with van der Waals surface area (Å²) in [7, 11) is 0. The summed E-state index contributed by atoms with van der Waals surface area (Å²) in [5.41, 5.74) is -0.931. The summed E-state index contributed by atoms with van der Waals surface area (Å²) in [5, 5.41) is 20.4. The maximum absolute atomic E-state index is 12.3. The summed E-state index contributed by atoms with van der Waals surface area (Å²) >= 11 is 0. The molecule has 2 heterocycles. The zero-order valence-corrected chi connectivity index (χ0v) is 13.6. The fraction of sp³-hybridized carbons (Fsp3) is 0.438. The molecule has 0 atom stereocenters. The molecule has 0 unspecified atom stereocenters. The van der Waals surface area contributed by atoms with Crippen molar-refractivity contribution < 1.29 is 24.4 Å². The third kappa shape index (κ3) is 3.10. The molecule has 9 nitrogen and oxygen atoms in total. The molecule has 0 bridgehead atoms. The zero-order chi connectivity index (χ0) is 18.4. The number of nitrogens with zero attached hydrogens (tertiary/aromatic N) is 3. The first-order chi connectivity index (χ1) is 11.7. The molecule has 0 saturated carbocycles. The summed E-state index contributed by atoms with van der Waals surface area (Å²) in [6.45, 7) is 2.27. The monoisotopic (exact) mass is 347 g/mol. The Morgan fingerprint density at radius 3 is 2.52 bits per heavy atom. The summed E-state index contributed by atoms with van der Waals surface area (Å²) in [6.07, 6.45) is 0.453. The molecule has 3 amide bonds. The number of likely N-dealkylation sites (tertiary alicyclic amines) is 1. The molecule has 3 rings (SSSR count). The van der Waals surface area contributed by atoms with Crippen LogP contribution in [0.3, 0.4) is 0 Å². The van der Waals surface area contributed by atoms with E-state index in [2.05, 4.69) is 0 Å². The van der Waals surface area contributed by atoms with Crippen molar-refractivity contribution in [2.75, 3.05) is 19.6 Å². The molecule has 1 aromatic carbocycles. The van der Waals surface area contributed by atoms with Crippen molar-refractivity contribution in [3.8, 4) is 0 Å². The van der Waals surface area contributed by atoms with Crippen LogP contribution in [0.25, 0.3) is 0 Å². The van der Waals surface area contributed by atoms with Crippen LogP contribution in [0.5, 0.6) is 0 Å². The van der Waals surface area contributed by atoms with E-state index in [1.54, 1.807) is 6.92 Å². The van der Waals surface area contributed by atoms with Gasteiger partial charge in [-0.3, -0.25) is 29.4 Å². The van der Waals surface area contributed by atoms with Gasteiger partial charge in [-0.2, -0.15) is 0 Å². The van der Waals surface area contributed by atoms with Crippen LogP contribution >= 0.6 is 0 Å². The van der Waals surface area contributed by atoms with Gasteiger partial charge in [0.2, 0.25) is 5.91 Å². The SMILES string of the molecule is CC1(O)CN(C(=O)CCCN2C(=O)c3ccc([N+](=O)[O-])cc3C2=O)C1. The second-order valence-electron chi connectivity index (χ2n) is 6.60. The Balaban J connectivity index is 1.59. The van der Waals surface area contributed by atoms with E-state index < -0.39 is 22.3 Å². The number of carbonyl (C=O) groups is 3. The van der Waals surface area contributed by atoms with Crippen molar-refractivity contribution in [2.24, 2.45) is 0 Å². The van der Waals surface area contributed by atoms with Gasteiger partial charge in [-0.25, -0.2) is 0 Å². The fourth-order valence-corrected chi connectivity index (χ4v) is 3.09. The molecule has 0 aromatic heterocycles. The maximum Gasteiger partial charge on any atom is 0.270 e. The van der Waals surface area contributed by atoms with Crippen molar-refractivity contribution >= 4 is 23.4 Å². The molecule has 0 radical (unpaired) electrons. The lowest BCUT2D eigenvalue weighted by molar-refractivity contribution is -0.384. The number of hydrogen-bond acceptors (Lipinski definition) is 6. The summed E-state index contributed by atoms with van der Waals surface area (Å²) in [6, 6.07) is 3.57. The predicted molar refractivity (Wildman–Crippen MR) is 84.9 cm³/mol. The Morgan fingerprint density at radius 2 is 1.92 bits per heavy atom. The highest BCUT2D eigenvalue weighted by atomic mass is 16.6. The third-order valence-electron chi connectivity index (χ3n) is 4.35. The van der Waals surface area contributed by atoms with Gasteiger partial charge in [0, 0.05) is 25.1 Å². The van der Waals surface area contributed by atoms with Gasteiger partial charge in [0.05, 0.1) is 34.7 Å². The van der Waals surface area contributed by atoms with Crippen LogP contribution in [-0.4, -0.2) is 62.8 Å². The zero-order valence-electron chi connectivity index (χ0n) is 13.6. The van der Waals surface area contributed by atoms with Gasteiger partial charge < -0.3 is 10.0 Å². The highest BCUT2D eigenvalue weighted by Gasteiger charge is 2.39. The lowest BCUT2D eigenvalue weighted by Crippen LogP contribution is -2.61. The molecule has 1 aromatic rings. The minimum atomic E-state index is -0.840. The molecular weight excluding hydrogens is 330 g/mol. The minimum absolute atomic E-state index is 0.0179. The molecule has 9 heteroatoms. The number of amides is 3. The molecule has 1 fully saturated rings. The summed E-state index contributed by atoms with van der Waals surface area (Å²) < 4.78 is 0. The maximum atomic E-state index is 12.3. The van der Waals surface area contributed by atoms with Gasteiger partial charge >= 0.3 is 0 Å². The van der Waals surface area contributed by atoms with E-state index in [-0.39, 0.29) is 48.8 Å². The van der Waals surface area contributed by atoms with Crippen LogP contribution in [-0.2, 0) is 4.79 Å². The first kappa shape index (κ1) is 17.0. The molecule has 2 aliphatic heterocycles. The van der Waals surface area contributed by atoms with E-state index in [4.69, 9.17) is 0 Å². The quantitative estimate of drug-likeness (QED) is 0.472. The first-order valence-electron chi connectivity index (χ1n) is 7.84. The Morgan fingerprint density at radius 1 is 1.28 bits per heavy atom. The van der Waals surface area contributed by atoms with Crippen LogP contribution in [0.1, 0.15) is 40.5 Å². The van der Waals surface area contributed by atoms with E-state index in [0.29, 0.717) is 6.42 Å². The van der Waals surface area contributed by atoms with Gasteiger partial charge in [-0.05, 0) is 19.4 Å². The molecule has 25 heavy (non-hydrogen) atoms. The molecular formula is C16H17N3O6. The fourth-order valence-electron chi connectivity index (χ4n) is 3.09. The number of carbonyl (C=O) groups excluding carboxylic acids is 3. The summed E-state index contributed by atoms with van der Waals surface area (Å²) in [4.78, 5) is 49.2. The van der Waals surface area contributed by atoms with Gasteiger partial charge in [-0.15, -0.1) is 0 Å². The Hall–Kier alpha value is -2.81. The van der Waals surface area contributed by atoms with Crippen molar-refractivity contribution in [3.05, 3.63) is 39.4 Å². The van der Waals surface area contributed by atoms with Crippen molar-refractivity contribution in [2.45, 2.75) is 25.4 Å². The number of aliphatic hydroxyl groups is 1. The lowest BCUT2D eigenvalue weighted by Gasteiger charge is -2.44. The molecule has 1 saturated heterocycles. The van der Waals surface area contributed by atoms with E-state index in [1.165, 1.54) is 17.0 Å². The van der Waals surface area contributed by atoms with E-state index in [9.17, 15) is 29.6 Å². The summed E-state index contributed by atoms with van der Waals surface area (Å²) in [5.74, 6) is -1.23. The average Bonchev–Trinajstić information content (AvgIpc) is 2.76. The highest BCUT2D eigenvalue weighted by molar-refractivity contribution is 6.21. The normalized spacial score (nSPS) is 18.2.